The van der Waals surface area contributed by atoms with Crippen LogP contribution in [0.4, 0.5) is 0 Å². The Morgan fingerprint density at radius 1 is 1.42 bits per heavy atom. The summed E-state index contributed by atoms with van der Waals surface area (Å²) in [4.78, 5) is 0. The lowest BCUT2D eigenvalue weighted by molar-refractivity contribution is 0.504. The number of unbranched alkanes of at least 4 members (excludes halogenated alkanes) is 1. The summed E-state index contributed by atoms with van der Waals surface area (Å²) in [6.07, 6.45) is 12.3. The molecule has 0 heteroatoms. The van der Waals surface area contributed by atoms with Gasteiger partial charge in [0.1, 0.15) is 0 Å². The molecule has 0 radical (unpaired) electrons. The molecule has 0 saturated heterocycles. The third-order valence-corrected chi connectivity index (χ3v) is 2.92. The molecule has 1 unspecified atom stereocenters. The Morgan fingerprint density at radius 3 is 2.92 bits per heavy atom. The van der Waals surface area contributed by atoms with Crippen LogP contribution in [-0.2, 0) is 0 Å². The molecule has 1 aliphatic carbocycles. The summed E-state index contributed by atoms with van der Waals surface area (Å²) in [6.45, 7) is 4.59. The van der Waals surface area contributed by atoms with Crippen molar-refractivity contribution in [1.82, 2.24) is 0 Å². The molecule has 0 fully saturated rings. The number of rotatable bonds is 4. The summed E-state index contributed by atoms with van der Waals surface area (Å²) in [5.41, 5.74) is 1.75. The molecule has 0 nitrogen and oxygen atoms in total. The predicted octanol–water partition coefficient (Wildman–Crippen LogP) is 4.31. The summed E-state index contributed by atoms with van der Waals surface area (Å²) < 4.78 is 0. The second-order valence-electron chi connectivity index (χ2n) is 3.99. The van der Waals surface area contributed by atoms with Gasteiger partial charge in [-0.05, 0) is 44.4 Å². The first-order chi connectivity index (χ1) is 5.86. The Bertz CT molecular complexity index is 144. The van der Waals surface area contributed by atoms with Crippen molar-refractivity contribution in [2.24, 2.45) is 5.92 Å². The Labute approximate surface area is 77.1 Å². The molecular formula is C12H22. The quantitative estimate of drug-likeness (QED) is 0.546. The molecule has 0 heterocycles. The summed E-state index contributed by atoms with van der Waals surface area (Å²) in [6, 6.07) is 0. The molecule has 0 spiro atoms. The minimum absolute atomic E-state index is 0.908. The molecule has 1 atom stereocenters. The third-order valence-electron chi connectivity index (χ3n) is 2.92. The van der Waals surface area contributed by atoms with Gasteiger partial charge in [-0.2, -0.15) is 0 Å². The Kier molecular flexibility index (Phi) is 4.42. The van der Waals surface area contributed by atoms with Gasteiger partial charge < -0.3 is 0 Å². The van der Waals surface area contributed by atoms with Crippen molar-refractivity contribution >= 4 is 0 Å². The van der Waals surface area contributed by atoms with Gasteiger partial charge in [-0.15, -0.1) is 0 Å². The van der Waals surface area contributed by atoms with E-state index in [0.29, 0.717) is 0 Å². The second-order valence-corrected chi connectivity index (χ2v) is 3.99. The summed E-state index contributed by atoms with van der Waals surface area (Å²) in [5, 5.41) is 0. The molecule has 1 rings (SSSR count). The van der Waals surface area contributed by atoms with Crippen LogP contribution in [0.5, 0.6) is 0 Å². The predicted molar refractivity (Wildman–Crippen MR) is 55.2 cm³/mol. The largest absolute Gasteiger partial charge is 0.0822 e. The van der Waals surface area contributed by atoms with Crippen molar-refractivity contribution in [2.45, 2.75) is 58.8 Å². The number of hydrogen-bond acceptors (Lipinski definition) is 0. The van der Waals surface area contributed by atoms with Crippen molar-refractivity contribution in [3.05, 3.63) is 11.6 Å². The van der Waals surface area contributed by atoms with Gasteiger partial charge in [0.05, 0.1) is 0 Å². The topological polar surface area (TPSA) is 0 Å². The molecule has 0 aromatic carbocycles. The van der Waals surface area contributed by atoms with Crippen LogP contribution < -0.4 is 0 Å². The first kappa shape index (κ1) is 9.83. The molecule has 70 valence electrons. The lowest BCUT2D eigenvalue weighted by Crippen LogP contribution is -2.03. The van der Waals surface area contributed by atoms with Crippen molar-refractivity contribution in [1.29, 1.82) is 0 Å². The van der Waals surface area contributed by atoms with E-state index in [1.165, 1.54) is 44.9 Å². The Balaban J connectivity index is 2.35. The van der Waals surface area contributed by atoms with E-state index in [4.69, 9.17) is 0 Å². The van der Waals surface area contributed by atoms with E-state index in [0.717, 1.165) is 5.92 Å². The lowest BCUT2D eigenvalue weighted by atomic mass is 9.87. The zero-order valence-electron chi connectivity index (χ0n) is 8.60. The maximum Gasteiger partial charge on any atom is -0.0233 e. The highest BCUT2D eigenvalue weighted by molar-refractivity contribution is 5.07. The highest BCUT2D eigenvalue weighted by atomic mass is 14.2. The zero-order valence-corrected chi connectivity index (χ0v) is 8.60. The second kappa shape index (κ2) is 5.40. The number of hydrogen-bond donors (Lipinski definition) is 0. The normalized spacial score (nSPS) is 23.8. The maximum absolute atomic E-state index is 2.55. The number of allylic oxidation sites excluding steroid dienone is 2. The lowest BCUT2D eigenvalue weighted by Gasteiger charge is -2.19. The molecule has 12 heavy (non-hydrogen) atoms. The van der Waals surface area contributed by atoms with E-state index in [2.05, 4.69) is 19.9 Å². The van der Waals surface area contributed by atoms with Gasteiger partial charge in [-0.25, -0.2) is 0 Å². The zero-order chi connectivity index (χ0) is 8.81. The average molecular weight is 166 g/mol. The van der Waals surface area contributed by atoms with Crippen LogP contribution in [0, 0.1) is 5.92 Å². The molecule has 0 aromatic heterocycles. The van der Waals surface area contributed by atoms with Gasteiger partial charge in [-0.1, -0.05) is 31.9 Å². The molecular weight excluding hydrogens is 144 g/mol. The molecule has 0 N–H and O–H groups in total. The molecule has 0 aliphatic heterocycles. The fourth-order valence-corrected chi connectivity index (χ4v) is 2.03. The van der Waals surface area contributed by atoms with E-state index in [1.54, 1.807) is 5.57 Å². The van der Waals surface area contributed by atoms with Crippen LogP contribution in [0.1, 0.15) is 58.8 Å². The van der Waals surface area contributed by atoms with Crippen molar-refractivity contribution < 1.29 is 0 Å². The molecule has 0 aromatic rings. The first-order valence-electron chi connectivity index (χ1n) is 5.56. The third kappa shape index (κ3) is 3.00. The van der Waals surface area contributed by atoms with Gasteiger partial charge in [0.2, 0.25) is 0 Å². The fraction of sp³-hybridized carbons (Fsp3) is 0.833. The van der Waals surface area contributed by atoms with Crippen LogP contribution >= 0.6 is 0 Å². The Morgan fingerprint density at radius 2 is 2.25 bits per heavy atom. The standard InChI is InChI=1S/C12H22/c1-3-5-7-12-9-6-8-11(4-2)10-12/h10-11H,3-9H2,1-2H3. The molecule has 0 amide bonds. The van der Waals surface area contributed by atoms with E-state index in [9.17, 15) is 0 Å². The Hall–Kier alpha value is -0.260. The van der Waals surface area contributed by atoms with Gasteiger partial charge in [0.25, 0.3) is 0 Å². The van der Waals surface area contributed by atoms with Crippen LogP contribution in [0.2, 0.25) is 0 Å². The summed E-state index contributed by atoms with van der Waals surface area (Å²) in [7, 11) is 0. The summed E-state index contributed by atoms with van der Waals surface area (Å²) >= 11 is 0. The van der Waals surface area contributed by atoms with Crippen LogP contribution in [0.25, 0.3) is 0 Å². The van der Waals surface area contributed by atoms with E-state index >= 15 is 0 Å². The van der Waals surface area contributed by atoms with Crippen LogP contribution in [-0.4, -0.2) is 0 Å². The highest BCUT2D eigenvalue weighted by Gasteiger charge is 2.10. The highest BCUT2D eigenvalue weighted by Crippen LogP contribution is 2.27. The van der Waals surface area contributed by atoms with Crippen LogP contribution in [0.3, 0.4) is 0 Å². The molecule has 1 aliphatic rings. The SMILES string of the molecule is CCCCC1=CC(CC)CCC1. The van der Waals surface area contributed by atoms with Crippen LogP contribution in [0.15, 0.2) is 11.6 Å². The van der Waals surface area contributed by atoms with Crippen molar-refractivity contribution in [2.75, 3.05) is 0 Å². The average Bonchev–Trinajstić information content (AvgIpc) is 2.15. The monoisotopic (exact) mass is 166 g/mol. The minimum Gasteiger partial charge on any atom is -0.0822 e. The van der Waals surface area contributed by atoms with Crippen molar-refractivity contribution in [3.8, 4) is 0 Å². The molecule has 0 saturated carbocycles. The van der Waals surface area contributed by atoms with Crippen molar-refractivity contribution in [3.63, 3.8) is 0 Å². The fourth-order valence-electron chi connectivity index (χ4n) is 2.03. The van der Waals surface area contributed by atoms with E-state index in [1.807, 2.05) is 0 Å². The van der Waals surface area contributed by atoms with Gasteiger partial charge >= 0.3 is 0 Å². The molecule has 0 bridgehead atoms. The summed E-state index contributed by atoms with van der Waals surface area (Å²) in [5.74, 6) is 0.908. The van der Waals surface area contributed by atoms with E-state index < -0.39 is 0 Å². The maximum atomic E-state index is 2.55. The van der Waals surface area contributed by atoms with Gasteiger partial charge in [-0.3, -0.25) is 0 Å². The van der Waals surface area contributed by atoms with E-state index in [-0.39, 0.29) is 0 Å². The van der Waals surface area contributed by atoms with Gasteiger partial charge in [0, 0.05) is 0 Å². The first-order valence-corrected chi connectivity index (χ1v) is 5.56. The minimum atomic E-state index is 0.908. The smallest absolute Gasteiger partial charge is 0.0233 e. The van der Waals surface area contributed by atoms with Gasteiger partial charge in [0.15, 0.2) is 0 Å².